The van der Waals surface area contributed by atoms with Crippen molar-refractivity contribution < 1.29 is 18.7 Å². The number of hydrogen-bond acceptors (Lipinski definition) is 7. The molecule has 1 fully saturated rings. The second-order valence-electron chi connectivity index (χ2n) is 11.5. The Morgan fingerprint density at radius 3 is 2.59 bits per heavy atom. The average Bonchev–Trinajstić information content (AvgIpc) is 3.10. The molecule has 0 spiro atoms. The highest BCUT2D eigenvalue weighted by Crippen LogP contribution is 2.50. The van der Waals surface area contributed by atoms with Gasteiger partial charge in [-0.2, -0.15) is 4.98 Å². The average molecular weight is 621 g/mol. The summed E-state index contributed by atoms with van der Waals surface area (Å²) in [5.74, 6) is -2.53. The number of hydrogen-bond donors (Lipinski definition) is 1. The number of piperazine rings is 1. The zero-order valence-electron chi connectivity index (χ0n) is 24.7. The van der Waals surface area contributed by atoms with Gasteiger partial charge >= 0.3 is 5.69 Å². The van der Waals surface area contributed by atoms with Crippen molar-refractivity contribution in [1.29, 1.82) is 0 Å². The van der Waals surface area contributed by atoms with Gasteiger partial charge in [-0.25, -0.2) is 13.6 Å². The minimum atomic E-state index is -0.986. The van der Waals surface area contributed by atoms with Gasteiger partial charge in [0.15, 0.2) is 5.82 Å². The molecule has 1 unspecified atom stereocenters. The van der Waals surface area contributed by atoms with E-state index in [9.17, 15) is 14.7 Å². The summed E-state index contributed by atoms with van der Waals surface area (Å²) >= 11 is 7.01. The maximum absolute atomic E-state index is 17.3. The highest BCUT2D eigenvalue weighted by Gasteiger charge is 2.39. The van der Waals surface area contributed by atoms with Gasteiger partial charge in [-0.05, 0) is 42.7 Å². The molecule has 0 bridgehead atoms. The number of likely N-dealkylation sites (N-methyl/N-ethyl adjacent to an activating group) is 1. The van der Waals surface area contributed by atoms with E-state index in [4.69, 9.17) is 11.6 Å². The Bertz CT molecular complexity index is 1910. The lowest BCUT2D eigenvalue weighted by Crippen LogP contribution is -2.57. The van der Waals surface area contributed by atoms with E-state index in [-0.39, 0.29) is 45.2 Å². The molecule has 12 heteroatoms. The molecule has 44 heavy (non-hydrogen) atoms. The third-order valence-corrected chi connectivity index (χ3v) is 8.81. The molecule has 1 atom stereocenters. The maximum atomic E-state index is 17.3. The van der Waals surface area contributed by atoms with Crippen molar-refractivity contribution in [2.24, 2.45) is 0 Å². The lowest BCUT2D eigenvalue weighted by molar-refractivity contribution is -0.126. The Hall–Kier alpha value is -4.51. The molecule has 0 aliphatic carbocycles. The number of aromatic nitrogens is 3. The number of aromatic hydroxyl groups is 1. The third-order valence-electron chi connectivity index (χ3n) is 8.44. The second kappa shape index (κ2) is 10.9. The Balaban J connectivity index is 1.79. The van der Waals surface area contributed by atoms with Crippen LogP contribution in [0.4, 0.5) is 20.3 Å². The van der Waals surface area contributed by atoms with Crippen LogP contribution in [0.1, 0.15) is 31.0 Å². The van der Waals surface area contributed by atoms with Crippen molar-refractivity contribution in [2.75, 3.05) is 43.0 Å². The minimum Gasteiger partial charge on any atom is -0.507 e. The van der Waals surface area contributed by atoms with Gasteiger partial charge in [0.05, 0.1) is 39.1 Å². The fourth-order valence-corrected chi connectivity index (χ4v) is 6.86. The van der Waals surface area contributed by atoms with Gasteiger partial charge in [-0.3, -0.25) is 14.3 Å². The van der Waals surface area contributed by atoms with Crippen molar-refractivity contribution in [3.8, 4) is 22.6 Å². The SMILES string of the molecule is C=CC(=O)N1CCN2c3nc(=O)n(-c4c(C)ccnc4C(C)C)c4c(F)c(-c5c(O)cccc5F)c(Cl)c(c34)N(C)CC2C1. The first-order valence-corrected chi connectivity index (χ1v) is 14.6. The Kier molecular flexibility index (Phi) is 7.31. The lowest BCUT2D eigenvalue weighted by atomic mass is 9.98. The number of phenols is 1. The molecule has 0 saturated carbocycles. The molecule has 4 heterocycles. The molecule has 1 N–H and O–H groups in total. The van der Waals surface area contributed by atoms with Crippen LogP contribution in [0.15, 0.2) is 47.9 Å². The van der Waals surface area contributed by atoms with Crippen molar-refractivity contribution in [3.05, 3.63) is 81.5 Å². The molecule has 4 aromatic rings. The van der Waals surface area contributed by atoms with Crippen LogP contribution in [0, 0.1) is 18.6 Å². The van der Waals surface area contributed by atoms with Crippen LogP contribution >= 0.6 is 11.6 Å². The van der Waals surface area contributed by atoms with Crippen molar-refractivity contribution in [2.45, 2.75) is 32.7 Å². The van der Waals surface area contributed by atoms with Gasteiger partial charge in [-0.1, -0.05) is 38.1 Å². The highest BCUT2D eigenvalue weighted by molar-refractivity contribution is 6.38. The predicted octanol–water partition coefficient (Wildman–Crippen LogP) is 5.17. The Morgan fingerprint density at radius 1 is 1.16 bits per heavy atom. The molecular weight excluding hydrogens is 590 g/mol. The molecule has 6 rings (SSSR count). The summed E-state index contributed by atoms with van der Waals surface area (Å²) in [6.45, 7) is 10.5. The van der Waals surface area contributed by atoms with E-state index in [0.29, 0.717) is 48.8 Å². The molecular formula is C32H31ClF2N6O3. The molecule has 0 radical (unpaired) electrons. The van der Waals surface area contributed by atoms with Gasteiger partial charge in [0, 0.05) is 45.0 Å². The van der Waals surface area contributed by atoms with Gasteiger partial charge in [0.1, 0.15) is 22.9 Å². The van der Waals surface area contributed by atoms with Crippen molar-refractivity contribution in [3.63, 3.8) is 0 Å². The molecule has 1 amide bonds. The Labute approximate surface area is 257 Å². The summed E-state index contributed by atoms with van der Waals surface area (Å²) in [6, 6.07) is 5.05. The van der Waals surface area contributed by atoms with Crippen LogP contribution in [-0.2, 0) is 4.79 Å². The van der Waals surface area contributed by atoms with Crippen LogP contribution in [0.5, 0.6) is 5.75 Å². The number of nitrogens with zero attached hydrogens (tertiary/aromatic N) is 6. The number of halogens is 3. The molecule has 1 saturated heterocycles. The molecule has 2 aliphatic rings. The number of carbonyl (C=O) groups excluding carboxylic acids is 1. The summed E-state index contributed by atoms with van der Waals surface area (Å²) in [4.78, 5) is 41.1. The minimum absolute atomic E-state index is 0.142. The molecule has 228 valence electrons. The fraction of sp³-hybridized carbons (Fsp3) is 0.312. The highest BCUT2D eigenvalue weighted by atomic mass is 35.5. The van der Waals surface area contributed by atoms with Crippen LogP contribution in [0.25, 0.3) is 27.7 Å². The molecule has 9 nitrogen and oxygen atoms in total. The first kappa shape index (κ1) is 29.6. The predicted molar refractivity (Wildman–Crippen MR) is 167 cm³/mol. The van der Waals surface area contributed by atoms with Gasteiger partial charge < -0.3 is 19.8 Å². The van der Waals surface area contributed by atoms with Crippen LogP contribution < -0.4 is 15.5 Å². The monoisotopic (exact) mass is 620 g/mol. The van der Waals surface area contributed by atoms with Gasteiger partial charge in [-0.15, -0.1) is 0 Å². The van der Waals surface area contributed by atoms with Crippen molar-refractivity contribution >= 4 is 39.9 Å². The quantitative estimate of drug-likeness (QED) is 0.315. The number of aryl methyl sites for hydroxylation is 1. The largest absolute Gasteiger partial charge is 0.507 e. The maximum Gasteiger partial charge on any atom is 0.354 e. The number of rotatable bonds is 4. The summed E-state index contributed by atoms with van der Waals surface area (Å²) < 4.78 is 33.9. The van der Waals surface area contributed by atoms with E-state index in [1.807, 2.05) is 18.7 Å². The third kappa shape index (κ3) is 4.40. The lowest BCUT2D eigenvalue weighted by Gasteiger charge is -2.41. The normalized spacial score (nSPS) is 16.4. The summed E-state index contributed by atoms with van der Waals surface area (Å²) in [5, 5.41) is 10.9. The molecule has 2 aliphatic heterocycles. The van der Waals surface area contributed by atoms with E-state index >= 15 is 8.78 Å². The number of fused-ring (bicyclic) bond motifs is 2. The van der Waals surface area contributed by atoms with E-state index in [1.54, 1.807) is 36.0 Å². The number of pyridine rings is 1. The molecule has 2 aromatic carbocycles. The first-order valence-electron chi connectivity index (χ1n) is 14.3. The summed E-state index contributed by atoms with van der Waals surface area (Å²) in [5.41, 5.74) is 0.181. The van der Waals surface area contributed by atoms with Crippen LogP contribution in [0.3, 0.4) is 0 Å². The van der Waals surface area contributed by atoms with Crippen LogP contribution in [0.2, 0.25) is 5.02 Å². The van der Waals surface area contributed by atoms with Crippen molar-refractivity contribution in [1.82, 2.24) is 19.4 Å². The van der Waals surface area contributed by atoms with Gasteiger partial charge in [0.2, 0.25) is 5.91 Å². The van der Waals surface area contributed by atoms with E-state index in [1.165, 1.54) is 22.8 Å². The fourth-order valence-electron chi connectivity index (χ4n) is 6.44. The zero-order chi connectivity index (χ0) is 31.6. The first-order chi connectivity index (χ1) is 21.0. The smallest absolute Gasteiger partial charge is 0.354 e. The summed E-state index contributed by atoms with van der Waals surface area (Å²) in [7, 11) is 1.76. The number of anilines is 2. The number of phenolic OH excluding ortho intramolecular Hbond substituents is 1. The Morgan fingerprint density at radius 2 is 1.91 bits per heavy atom. The van der Waals surface area contributed by atoms with E-state index in [0.717, 1.165) is 6.07 Å². The molecule has 2 aromatic heterocycles. The standard InChI is InChI=1S/C32H31ClF2N6O3/c1-6-21(43)39-12-13-40-18(15-39)14-38(5)29-24-30(26(35)23(25(29)33)22-19(34)8-7-9-20(22)42)41(32(44)37-31(24)40)28-17(4)10-11-36-27(28)16(2)3/h6-11,16,18,42H,1,12-15H2,2-5H3. The number of amides is 1. The summed E-state index contributed by atoms with van der Waals surface area (Å²) in [6.07, 6.45) is 2.88. The van der Waals surface area contributed by atoms with Crippen LogP contribution in [-0.4, -0.2) is 69.7 Å². The van der Waals surface area contributed by atoms with Gasteiger partial charge in [0.25, 0.3) is 0 Å². The number of benzene rings is 2. The van der Waals surface area contributed by atoms with E-state index in [2.05, 4.69) is 16.5 Å². The zero-order valence-corrected chi connectivity index (χ0v) is 25.5. The topological polar surface area (TPSA) is 94.8 Å². The van der Waals surface area contributed by atoms with E-state index < -0.39 is 28.6 Å². The second-order valence-corrected chi connectivity index (χ2v) is 11.9. The number of carbonyl (C=O) groups is 1.